The summed E-state index contributed by atoms with van der Waals surface area (Å²) in [6, 6.07) is 12.5. The van der Waals surface area contributed by atoms with E-state index in [1.807, 2.05) is 24.7 Å². The van der Waals surface area contributed by atoms with E-state index in [0.29, 0.717) is 0 Å². The highest BCUT2D eigenvalue weighted by Gasteiger charge is 2.11. The van der Waals surface area contributed by atoms with Gasteiger partial charge in [-0.15, -0.1) is 0 Å². The molecule has 0 aliphatic carbocycles. The first-order valence-electron chi connectivity index (χ1n) is 6.76. The van der Waals surface area contributed by atoms with Crippen molar-refractivity contribution in [3.63, 3.8) is 0 Å². The molecule has 1 aromatic carbocycles. The molecule has 0 atom stereocenters. The molecule has 20 heavy (non-hydrogen) atoms. The van der Waals surface area contributed by atoms with Crippen molar-refractivity contribution in [3.05, 3.63) is 53.5 Å². The Morgan fingerprint density at radius 2 is 1.95 bits per heavy atom. The molecule has 2 aromatic heterocycles. The molecule has 102 valence electrons. The van der Waals surface area contributed by atoms with Crippen LogP contribution in [0.3, 0.4) is 0 Å². The number of aryl methyl sites for hydroxylation is 2. The summed E-state index contributed by atoms with van der Waals surface area (Å²) in [5.41, 5.74) is 3.13. The smallest absolute Gasteiger partial charge is 0.161 e. The predicted octanol–water partition coefficient (Wildman–Crippen LogP) is 2.76. The van der Waals surface area contributed by atoms with Crippen LogP contribution in [0.2, 0.25) is 0 Å². The Morgan fingerprint density at radius 1 is 1.15 bits per heavy atom. The van der Waals surface area contributed by atoms with E-state index in [4.69, 9.17) is 4.98 Å². The third-order valence-electron chi connectivity index (χ3n) is 3.34. The molecule has 0 aliphatic rings. The Labute approximate surface area is 118 Å². The lowest BCUT2D eigenvalue weighted by Gasteiger charge is -2.10. The third kappa shape index (κ3) is 2.18. The second-order valence-corrected chi connectivity index (χ2v) is 5.03. The van der Waals surface area contributed by atoms with E-state index < -0.39 is 0 Å². The largest absolute Gasteiger partial charge is 0.314 e. The average Bonchev–Trinajstić information content (AvgIpc) is 2.77. The maximum absolute atomic E-state index is 4.77. The maximum atomic E-state index is 4.77. The van der Waals surface area contributed by atoms with Gasteiger partial charge in [0.25, 0.3) is 0 Å². The molecule has 0 unspecified atom stereocenters. The zero-order valence-corrected chi connectivity index (χ0v) is 12.0. The van der Waals surface area contributed by atoms with Gasteiger partial charge in [-0.1, -0.05) is 24.3 Å². The Kier molecular flexibility index (Phi) is 3.24. The molecule has 3 aromatic rings. The van der Waals surface area contributed by atoms with E-state index in [2.05, 4.69) is 47.7 Å². The molecular weight excluding hydrogens is 248 g/mol. The Morgan fingerprint density at radius 3 is 2.65 bits per heavy atom. The molecule has 4 nitrogen and oxygen atoms in total. The fraction of sp³-hybridized carbons (Fsp3) is 0.250. The third-order valence-corrected chi connectivity index (χ3v) is 3.34. The Balaban J connectivity index is 2.29. The first-order chi connectivity index (χ1) is 9.69. The molecule has 0 radical (unpaired) electrons. The number of rotatable bonds is 3. The highest BCUT2D eigenvalue weighted by atomic mass is 15.3. The lowest BCUT2D eigenvalue weighted by atomic mass is 10.1. The van der Waals surface area contributed by atoms with Gasteiger partial charge in [0.1, 0.15) is 0 Å². The molecule has 0 bridgehead atoms. The number of hydrogen-bond acceptors (Lipinski definition) is 3. The summed E-state index contributed by atoms with van der Waals surface area (Å²) in [6.45, 7) is 4.81. The molecule has 0 spiro atoms. The van der Waals surface area contributed by atoms with Gasteiger partial charge in [-0.2, -0.15) is 5.10 Å². The van der Waals surface area contributed by atoms with Gasteiger partial charge in [0.15, 0.2) is 5.82 Å². The van der Waals surface area contributed by atoms with E-state index >= 15 is 0 Å². The summed E-state index contributed by atoms with van der Waals surface area (Å²) in [5, 5.41) is 10.0. The summed E-state index contributed by atoms with van der Waals surface area (Å²) in [7, 11) is 1.93. The second-order valence-electron chi connectivity index (χ2n) is 5.03. The zero-order chi connectivity index (χ0) is 14.1. The van der Waals surface area contributed by atoms with Crippen LogP contribution in [0.15, 0.2) is 36.4 Å². The molecule has 0 aliphatic heterocycles. The number of nitrogens with one attached hydrogen (secondary N) is 1. The van der Waals surface area contributed by atoms with Crippen LogP contribution in [0.1, 0.15) is 17.1 Å². The van der Waals surface area contributed by atoms with Crippen LogP contribution >= 0.6 is 0 Å². The first-order valence-corrected chi connectivity index (χ1v) is 6.76. The topological polar surface area (TPSA) is 42.7 Å². The number of fused-ring (bicyclic) bond motifs is 1. The van der Waals surface area contributed by atoms with Crippen LogP contribution in [0.25, 0.3) is 16.6 Å². The van der Waals surface area contributed by atoms with Crippen molar-refractivity contribution in [2.45, 2.75) is 20.4 Å². The van der Waals surface area contributed by atoms with Crippen molar-refractivity contribution in [1.82, 2.24) is 20.1 Å². The van der Waals surface area contributed by atoms with Crippen molar-refractivity contribution in [1.29, 1.82) is 0 Å². The predicted molar refractivity (Wildman–Crippen MR) is 81.1 cm³/mol. The molecule has 0 saturated carbocycles. The molecular formula is C16H18N4. The average molecular weight is 266 g/mol. The quantitative estimate of drug-likeness (QED) is 0.792. The van der Waals surface area contributed by atoms with E-state index in [1.165, 1.54) is 5.39 Å². The standard InChI is InChI=1S/C16H18N4/c1-11-8-12(2)20(19-11)16-15-7-5-4-6-13(15)9-14(18-16)10-17-3/h4-9,17H,10H2,1-3H3. The summed E-state index contributed by atoms with van der Waals surface area (Å²) < 4.78 is 1.93. The number of aromatic nitrogens is 3. The first kappa shape index (κ1) is 12.8. The highest BCUT2D eigenvalue weighted by molar-refractivity contribution is 5.88. The van der Waals surface area contributed by atoms with Crippen LogP contribution in [0, 0.1) is 13.8 Å². The van der Waals surface area contributed by atoms with E-state index in [9.17, 15) is 0 Å². The lowest BCUT2D eigenvalue weighted by Crippen LogP contribution is -2.10. The van der Waals surface area contributed by atoms with Gasteiger partial charge in [0.05, 0.1) is 11.4 Å². The van der Waals surface area contributed by atoms with Crippen molar-refractivity contribution in [3.8, 4) is 5.82 Å². The lowest BCUT2D eigenvalue weighted by molar-refractivity contribution is 0.764. The summed E-state index contributed by atoms with van der Waals surface area (Å²) >= 11 is 0. The van der Waals surface area contributed by atoms with Gasteiger partial charge < -0.3 is 5.32 Å². The normalized spacial score (nSPS) is 11.2. The monoisotopic (exact) mass is 266 g/mol. The van der Waals surface area contributed by atoms with Crippen LogP contribution in [-0.4, -0.2) is 21.8 Å². The minimum atomic E-state index is 0.747. The molecule has 1 N–H and O–H groups in total. The zero-order valence-electron chi connectivity index (χ0n) is 12.0. The fourth-order valence-corrected chi connectivity index (χ4v) is 2.51. The number of nitrogens with zero attached hydrogens (tertiary/aromatic N) is 3. The Hall–Kier alpha value is -2.20. The van der Waals surface area contributed by atoms with Crippen LogP contribution in [-0.2, 0) is 6.54 Å². The highest BCUT2D eigenvalue weighted by Crippen LogP contribution is 2.22. The van der Waals surface area contributed by atoms with Crippen LogP contribution < -0.4 is 5.32 Å². The molecule has 3 rings (SSSR count). The minimum Gasteiger partial charge on any atom is -0.314 e. The van der Waals surface area contributed by atoms with E-state index in [1.54, 1.807) is 0 Å². The number of hydrogen-bond donors (Lipinski definition) is 1. The van der Waals surface area contributed by atoms with Gasteiger partial charge in [0.2, 0.25) is 0 Å². The van der Waals surface area contributed by atoms with Gasteiger partial charge in [-0.05, 0) is 38.4 Å². The van der Waals surface area contributed by atoms with Gasteiger partial charge in [-0.25, -0.2) is 9.67 Å². The molecule has 0 saturated heterocycles. The number of pyridine rings is 1. The molecule has 0 amide bonds. The van der Waals surface area contributed by atoms with Gasteiger partial charge >= 0.3 is 0 Å². The molecule has 0 fully saturated rings. The van der Waals surface area contributed by atoms with Crippen molar-refractivity contribution < 1.29 is 0 Å². The van der Waals surface area contributed by atoms with Crippen LogP contribution in [0.4, 0.5) is 0 Å². The minimum absolute atomic E-state index is 0.747. The maximum Gasteiger partial charge on any atom is 0.161 e. The second kappa shape index (κ2) is 5.06. The SMILES string of the molecule is CNCc1cc2ccccc2c(-n2nc(C)cc2C)n1. The van der Waals surface area contributed by atoms with Gasteiger partial charge in [0, 0.05) is 17.6 Å². The molecule has 2 heterocycles. The summed E-state index contributed by atoms with van der Waals surface area (Å²) in [6.07, 6.45) is 0. The van der Waals surface area contributed by atoms with Crippen molar-refractivity contribution >= 4 is 10.8 Å². The van der Waals surface area contributed by atoms with E-state index in [-0.39, 0.29) is 0 Å². The van der Waals surface area contributed by atoms with Crippen LogP contribution in [0.5, 0.6) is 0 Å². The molecule has 4 heteroatoms. The fourth-order valence-electron chi connectivity index (χ4n) is 2.51. The van der Waals surface area contributed by atoms with Crippen molar-refractivity contribution in [2.75, 3.05) is 7.05 Å². The van der Waals surface area contributed by atoms with Crippen molar-refractivity contribution in [2.24, 2.45) is 0 Å². The van der Waals surface area contributed by atoms with Gasteiger partial charge in [-0.3, -0.25) is 0 Å². The number of benzene rings is 1. The summed E-state index contributed by atoms with van der Waals surface area (Å²) in [4.78, 5) is 4.77. The summed E-state index contributed by atoms with van der Waals surface area (Å²) in [5.74, 6) is 0.902. The van der Waals surface area contributed by atoms with E-state index in [0.717, 1.165) is 34.8 Å². The Bertz CT molecular complexity index is 758.